The van der Waals surface area contributed by atoms with Crippen molar-refractivity contribution < 1.29 is 9.63 Å². The van der Waals surface area contributed by atoms with Gasteiger partial charge < -0.3 is 10.2 Å². The molecule has 6 nitrogen and oxygen atoms in total. The average molecular weight is 425 g/mol. The Labute approximate surface area is 160 Å². The summed E-state index contributed by atoms with van der Waals surface area (Å²) in [5.74, 6) is 4.95. The Morgan fingerprint density at radius 2 is 2.20 bits per heavy atom. The van der Waals surface area contributed by atoms with Crippen molar-refractivity contribution in [1.82, 2.24) is 15.3 Å². The lowest BCUT2D eigenvalue weighted by molar-refractivity contribution is 0.0834. The molecule has 2 rings (SSSR count). The van der Waals surface area contributed by atoms with Gasteiger partial charge in [0.25, 0.3) is 5.91 Å². The fourth-order valence-electron chi connectivity index (χ4n) is 2.47. The standard InChI is InChI=1S/C17H21BrN4O2S/c1-10-4-5-12(11(2)6-10)7-13(9-24-19)21-16(23)15-14(18)8-20-17(22-15)25-3/h4-6,8,13H,7,9,19H2,1-3H3,(H,21,23)/t13-/m1/s1. The Balaban J connectivity index is 2.16. The minimum absolute atomic E-state index is 0.205. The molecule has 1 aromatic carbocycles. The van der Waals surface area contributed by atoms with Crippen LogP contribution in [-0.2, 0) is 11.3 Å². The molecule has 1 heterocycles. The van der Waals surface area contributed by atoms with Gasteiger partial charge in [-0.1, -0.05) is 35.5 Å². The van der Waals surface area contributed by atoms with Crippen molar-refractivity contribution in [1.29, 1.82) is 0 Å². The van der Waals surface area contributed by atoms with E-state index >= 15 is 0 Å². The lowest BCUT2D eigenvalue weighted by atomic mass is 9.99. The first-order valence-electron chi connectivity index (χ1n) is 7.69. The van der Waals surface area contributed by atoms with E-state index in [1.54, 1.807) is 6.20 Å². The van der Waals surface area contributed by atoms with Crippen LogP contribution in [0.3, 0.4) is 0 Å². The molecule has 8 heteroatoms. The highest BCUT2D eigenvalue weighted by Crippen LogP contribution is 2.18. The molecule has 0 aliphatic carbocycles. The maximum Gasteiger partial charge on any atom is 0.271 e. The number of aromatic nitrogens is 2. The zero-order valence-corrected chi connectivity index (χ0v) is 16.8. The molecule has 25 heavy (non-hydrogen) atoms. The number of halogens is 1. The number of nitrogens with zero attached hydrogens (tertiary/aromatic N) is 2. The molecular weight excluding hydrogens is 404 g/mol. The molecule has 0 saturated heterocycles. The highest BCUT2D eigenvalue weighted by atomic mass is 79.9. The molecule has 1 atom stereocenters. The molecule has 2 aromatic rings. The summed E-state index contributed by atoms with van der Waals surface area (Å²) >= 11 is 4.70. The number of thioether (sulfide) groups is 1. The van der Waals surface area contributed by atoms with Crippen LogP contribution in [0, 0.1) is 13.8 Å². The SMILES string of the molecule is CSc1ncc(Br)c(C(=O)N[C@@H](CON)Cc2ccc(C)cc2C)n1. The van der Waals surface area contributed by atoms with Crippen molar-refractivity contribution in [2.75, 3.05) is 12.9 Å². The lowest BCUT2D eigenvalue weighted by Crippen LogP contribution is -2.41. The number of amides is 1. The van der Waals surface area contributed by atoms with E-state index in [4.69, 9.17) is 10.7 Å². The Morgan fingerprint density at radius 3 is 2.84 bits per heavy atom. The van der Waals surface area contributed by atoms with Crippen molar-refractivity contribution in [3.8, 4) is 0 Å². The second kappa shape index (κ2) is 9.28. The minimum atomic E-state index is -0.295. The first-order valence-corrected chi connectivity index (χ1v) is 9.71. The van der Waals surface area contributed by atoms with Gasteiger partial charge in [-0.25, -0.2) is 15.9 Å². The Morgan fingerprint density at radius 1 is 1.44 bits per heavy atom. The van der Waals surface area contributed by atoms with Crippen LogP contribution in [0.1, 0.15) is 27.2 Å². The summed E-state index contributed by atoms with van der Waals surface area (Å²) in [6.45, 7) is 4.31. The molecule has 0 aliphatic rings. The van der Waals surface area contributed by atoms with Crippen LogP contribution < -0.4 is 11.2 Å². The number of nitrogens with two attached hydrogens (primary N) is 1. The van der Waals surface area contributed by atoms with Crippen LogP contribution >= 0.6 is 27.7 Å². The predicted molar refractivity (Wildman–Crippen MR) is 103 cm³/mol. The Bertz CT molecular complexity index is 757. The third-order valence-corrected chi connectivity index (χ3v) is 4.86. The molecular formula is C17H21BrN4O2S. The van der Waals surface area contributed by atoms with E-state index in [0.717, 1.165) is 5.56 Å². The monoisotopic (exact) mass is 424 g/mol. The van der Waals surface area contributed by atoms with Gasteiger partial charge in [-0.05, 0) is 53.6 Å². The van der Waals surface area contributed by atoms with Crippen molar-refractivity contribution in [3.63, 3.8) is 0 Å². The van der Waals surface area contributed by atoms with Crippen molar-refractivity contribution >= 4 is 33.6 Å². The van der Waals surface area contributed by atoms with Gasteiger partial charge >= 0.3 is 0 Å². The van der Waals surface area contributed by atoms with Crippen molar-refractivity contribution in [2.45, 2.75) is 31.5 Å². The van der Waals surface area contributed by atoms with Gasteiger partial charge in [0.15, 0.2) is 5.16 Å². The molecule has 0 aliphatic heterocycles. The van der Waals surface area contributed by atoms with Crippen LogP contribution in [0.25, 0.3) is 0 Å². The van der Waals surface area contributed by atoms with Gasteiger partial charge in [-0.3, -0.25) is 4.79 Å². The molecule has 0 fully saturated rings. The number of hydrogen-bond acceptors (Lipinski definition) is 6. The van der Waals surface area contributed by atoms with Gasteiger partial charge in [0.05, 0.1) is 17.1 Å². The first-order chi connectivity index (χ1) is 11.9. The van der Waals surface area contributed by atoms with E-state index in [1.165, 1.54) is 22.9 Å². The summed E-state index contributed by atoms with van der Waals surface area (Å²) in [6.07, 6.45) is 4.05. The lowest BCUT2D eigenvalue weighted by Gasteiger charge is -2.19. The van der Waals surface area contributed by atoms with Crippen LogP contribution in [0.5, 0.6) is 0 Å². The van der Waals surface area contributed by atoms with Crippen LogP contribution in [0.2, 0.25) is 0 Å². The highest BCUT2D eigenvalue weighted by molar-refractivity contribution is 9.10. The van der Waals surface area contributed by atoms with E-state index in [1.807, 2.05) is 6.26 Å². The van der Waals surface area contributed by atoms with Gasteiger partial charge in [-0.2, -0.15) is 0 Å². The third kappa shape index (κ3) is 5.50. The molecule has 0 saturated carbocycles. The van der Waals surface area contributed by atoms with Crippen molar-refractivity contribution in [3.05, 3.63) is 51.3 Å². The number of carbonyl (C=O) groups excluding carboxylic acids is 1. The van der Waals surface area contributed by atoms with E-state index in [9.17, 15) is 4.79 Å². The fourth-order valence-corrected chi connectivity index (χ4v) is 3.18. The largest absolute Gasteiger partial charge is 0.345 e. The van der Waals surface area contributed by atoms with E-state index in [2.05, 4.69) is 63.3 Å². The summed E-state index contributed by atoms with van der Waals surface area (Å²) in [6, 6.07) is 5.96. The third-order valence-electron chi connectivity index (χ3n) is 3.72. The number of rotatable bonds is 7. The molecule has 1 amide bonds. The number of aryl methyl sites for hydroxylation is 2. The number of nitrogens with one attached hydrogen (secondary N) is 1. The van der Waals surface area contributed by atoms with Gasteiger partial charge in [-0.15, -0.1) is 0 Å². The molecule has 3 N–H and O–H groups in total. The van der Waals surface area contributed by atoms with Crippen molar-refractivity contribution in [2.24, 2.45) is 5.90 Å². The molecule has 0 unspecified atom stereocenters. The highest BCUT2D eigenvalue weighted by Gasteiger charge is 2.19. The average Bonchev–Trinajstić information content (AvgIpc) is 2.58. The van der Waals surface area contributed by atoms with Crippen LogP contribution in [0.15, 0.2) is 34.0 Å². The van der Waals surface area contributed by atoms with E-state index in [0.29, 0.717) is 21.7 Å². The summed E-state index contributed by atoms with van der Waals surface area (Å²) in [5, 5.41) is 3.48. The summed E-state index contributed by atoms with van der Waals surface area (Å²) in [4.78, 5) is 25.8. The first kappa shape index (κ1) is 19.8. The minimum Gasteiger partial charge on any atom is -0.345 e. The Kier molecular flexibility index (Phi) is 7.37. The molecule has 0 bridgehead atoms. The molecule has 134 valence electrons. The van der Waals surface area contributed by atoms with E-state index < -0.39 is 0 Å². The van der Waals surface area contributed by atoms with Gasteiger partial charge in [0, 0.05) is 6.20 Å². The maximum atomic E-state index is 12.6. The Hall–Kier alpha value is -1.48. The van der Waals surface area contributed by atoms with E-state index in [-0.39, 0.29) is 18.6 Å². The normalized spacial score (nSPS) is 12.0. The van der Waals surface area contributed by atoms with Gasteiger partial charge in [0.2, 0.25) is 0 Å². The smallest absolute Gasteiger partial charge is 0.271 e. The van der Waals surface area contributed by atoms with Crippen LogP contribution in [0.4, 0.5) is 0 Å². The molecule has 0 spiro atoms. The predicted octanol–water partition coefficient (Wildman–Crippen LogP) is 2.81. The summed E-state index contributed by atoms with van der Waals surface area (Å²) in [5.41, 5.74) is 3.80. The summed E-state index contributed by atoms with van der Waals surface area (Å²) < 4.78 is 0.543. The zero-order chi connectivity index (χ0) is 18.4. The number of benzene rings is 1. The zero-order valence-electron chi connectivity index (χ0n) is 14.4. The number of carbonyl (C=O) groups is 1. The maximum absolute atomic E-state index is 12.6. The second-order valence-corrected chi connectivity index (χ2v) is 7.32. The topological polar surface area (TPSA) is 90.1 Å². The summed E-state index contributed by atoms with van der Waals surface area (Å²) in [7, 11) is 0. The van der Waals surface area contributed by atoms with Gasteiger partial charge in [0.1, 0.15) is 5.69 Å². The second-order valence-electron chi connectivity index (χ2n) is 5.69. The number of hydrogen-bond donors (Lipinski definition) is 2. The fraction of sp³-hybridized carbons (Fsp3) is 0.353. The van der Waals surface area contributed by atoms with Crippen LogP contribution in [-0.4, -0.2) is 34.8 Å². The molecule has 1 aromatic heterocycles. The molecule has 0 radical (unpaired) electrons. The quantitative estimate of drug-likeness (QED) is 0.403.